The van der Waals surface area contributed by atoms with E-state index in [1.807, 2.05) is 43.3 Å². The van der Waals surface area contributed by atoms with Crippen molar-refractivity contribution in [3.63, 3.8) is 0 Å². The van der Waals surface area contributed by atoms with Crippen LogP contribution in [0.2, 0.25) is 0 Å². The molecule has 1 unspecified atom stereocenters. The normalized spacial score (nSPS) is 11.8. The molecule has 1 atom stereocenters. The SMILES string of the molecule is CCC(C)Oc1cccc(NC(=O)c2ccc(Br)cc2)c1. The largest absolute Gasteiger partial charge is 0.491 e. The number of hydrogen-bond acceptors (Lipinski definition) is 2. The molecule has 3 nitrogen and oxygen atoms in total. The first kappa shape index (κ1) is 15.6. The molecule has 0 radical (unpaired) electrons. The molecule has 0 spiro atoms. The topological polar surface area (TPSA) is 38.3 Å². The Labute approximate surface area is 133 Å². The molecular formula is C17H18BrNO2. The van der Waals surface area contributed by atoms with Gasteiger partial charge in [0.25, 0.3) is 5.91 Å². The summed E-state index contributed by atoms with van der Waals surface area (Å²) in [5.74, 6) is 0.626. The van der Waals surface area contributed by atoms with E-state index in [4.69, 9.17) is 4.74 Å². The van der Waals surface area contributed by atoms with Crippen LogP contribution in [0.3, 0.4) is 0 Å². The lowest BCUT2D eigenvalue weighted by Crippen LogP contribution is -2.13. The number of hydrogen-bond donors (Lipinski definition) is 1. The van der Waals surface area contributed by atoms with E-state index < -0.39 is 0 Å². The summed E-state index contributed by atoms with van der Waals surface area (Å²) in [6, 6.07) is 14.7. The quantitative estimate of drug-likeness (QED) is 0.836. The zero-order chi connectivity index (χ0) is 15.2. The summed E-state index contributed by atoms with van der Waals surface area (Å²) in [6.45, 7) is 4.09. The van der Waals surface area contributed by atoms with Gasteiger partial charge < -0.3 is 10.1 Å². The number of rotatable bonds is 5. The van der Waals surface area contributed by atoms with Crippen LogP contribution in [0.15, 0.2) is 53.0 Å². The average Bonchev–Trinajstić information content (AvgIpc) is 2.48. The van der Waals surface area contributed by atoms with Gasteiger partial charge in [0, 0.05) is 21.8 Å². The van der Waals surface area contributed by atoms with E-state index in [1.54, 1.807) is 12.1 Å². The van der Waals surface area contributed by atoms with Gasteiger partial charge >= 0.3 is 0 Å². The lowest BCUT2D eigenvalue weighted by molar-refractivity contribution is 0.102. The first-order chi connectivity index (χ1) is 10.1. The van der Waals surface area contributed by atoms with Gasteiger partial charge in [-0.2, -0.15) is 0 Å². The maximum atomic E-state index is 12.1. The van der Waals surface area contributed by atoms with Gasteiger partial charge in [-0.25, -0.2) is 0 Å². The number of nitrogens with one attached hydrogen (secondary N) is 1. The summed E-state index contributed by atoms with van der Waals surface area (Å²) in [5, 5.41) is 2.88. The Kier molecular flexibility index (Phi) is 5.39. The fraction of sp³-hybridized carbons (Fsp3) is 0.235. The van der Waals surface area contributed by atoms with Crippen molar-refractivity contribution in [2.45, 2.75) is 26.4 Å². The molecule has 0 saturated heterocycles. The van der Waals surface area contributed by atoms with Gasteiger partial charge in [-0.3, -0.25) is 4.79 Å². The predicted octanol–water partition coefficient (Wildman–Crippen LogP) is 4.88. The van der Waals surface area contributed by atoms with E-state index in [-0.39, 0.29) is 12.0 Å². The molecule has 2 rings (SSSR count). The van der Waals surface area contributed by atoms with E-state index in [2.05, 4.69) is 28.2 Å². The van der Waals surface area contributed by atoms with Crippen molar-refractivity contribution in [1.29, 1.82) is 0 Å². The third-order valence-electron chi connectivity index (χ3n) is 3.11. The molecule has 0 aliphatic heterocycles. The highest BCUT2D eigenvalue weighted by molar-refractivity contribution is 9.10. The van der Waals surface area contributed by atoms with E-state index >= 15 is 0 Å². The number of benzene rings is 2. The molecular weight excluding hydrogens is 330 g/mol. The Balaban J connectivity index is 2.07. The standard InChI is InChI=1S/C17H18BrNO2/c1-3-12(2)21-16-6-4-5-15(11-16)19-17(20)13-7-9-14(18)10-8-13/h4-12H,3H2,1-2H3,(H,19,20). The van der Waals surface area contributed by atoms with Crippen molar-refractivity contribution in [1.82, 2.24) is 0 Å². The number of carbonyl (C=O) groups is 1. The number of carbonyl (C=O) groups excluding carboxylic acids is 1. The molecule has 0 fully saturated rings. The molecule has 1 amide bonds. The Hall–Kier alpha value is -1.81. The van der Waals surface area contributed by atoms with Crippen LogP contribution in [0.1, 0.15) is 30.6 Å². The highest BCUT2D eigenvalue weighted by Crippen LogP contribution is 2.20. The number of anilines is 1. The van der Waals surface area contributed by atoms with Crippen LogP contribution in [-0.4, -0.2) is 12.0 Å². The summed E-state index contributed by atoms with van der Waals surface area (Å²) in [7, 11) is 0. The smallest absolute Gasteiger partial charge is 0.255 e. The molecule has 0 aromatic heterocycles. The molecule has 110 valence electrons. The molecule has 21 heavy (non-hydrogen) atoms. The first-order valence-electron chi connectivity index (χ1n) is 6.92. The van der Waals surface area contributed by atoms with E-state index in [1.165, 1.54) is 0 Å². The molecule has 1 N–H and O–H groups in total. The lowest BCUT2D eigenvalue weighted by Gasteiger charge is -2.13. The van der Waals surface area contributed by atoms with Gasteiger partial charge in [0.1, 0.15) is 5.75 Å². The summed E-state index contributed by atoms with van der Waals surface area (Å²) in [5.41, 5.74) is 1.34. The third-order valence-corrected chi connectivity index (χ3v) is 3.64. The minimum atomic E-state index is -0.136. The summed E-state index contributed by atoms with van der Waals surface area (Å²) in [6.07, 6.45) is 1.09. The van der Waals surface area contributed by atoms with Crippen molar-refractivity contribution in [3.8, 4) is 5.75 Å². The molecule has 0 aliphatic carbocycles. The van der Waals surface area contributed by atoms with Gasteiger partial charge in [0.05, 0.1) is 6.10 Å². The second-order valence-electron chi connectivity index (χ2n) is 4.83. The minimum absolute atomic E-state index is 0.136. The van der Waals surface area contributed by atoms with E-state index in [0.717, 1.165) is 22.3 Å². The van der Waals surface area contributed by atoms with Crippen molar-refractivity contribution in [2.75, 3.05) is 5.32 Å². The molecule has 0 saturated carbocycles. The maximum Gasteiger partial charge on any atom is 0.255 e. The highest BCUT2D eigenvalue weighted by atomic mass is 79.9. The molecule has 0 heterocycles. The average molecular weight is 348 g/mol. The van der Waals surface area contributed by atoms with E-state index in [9.17, 15) is 4.79 Å². The maximum absolute atomic E-state index is 12.1. The molecule has 4 heteroatoms. The highest BCUT2D eigenvalue weighted by Gasteiger charge is 2.07. The van der Waals surface area contributed by atoms with Gasteiger partial charge in [-0.1, -0.05) is 28.9 Å². The van der Waals surface area contributed by atoms with Crippen molar-refractivity contribution in [3.05, 3.63) is 58.6 Å². The Bertz CT molecular complexity index is 610. The lowest BCUT2D eigenvalue weighted by atomic mass is 10.2. The fourth-order valence-electron chi connectivity index (χ4n) is 1.77. The Morgan fingerprint density at radius 2 is 1.95 bits per heavy atom. The zero-order valence-corrected chi connectivity index (χ0v) is 13.7. The number of halogens is 1. The van der Waals surface area contributed by atoms with Crippen LogP contribution in [0.4, 0.5) is 5.69 Å². The molecule has 0 aliphatic rings. The van der Waals surface area contributed by atoms with Crippen molar-refractivity contribution in [2.24, 2.45) is 0 Å². The second kappa shape index (κ2) is 7.27. The van der Waals surface area contributed by atoms with Gasteiger partial charge in [-0.15, -0.1) is 0 Å². The van der Waals surface area contributed by atoms with Crippen LogP contribution in [0.25, 0.3) is 0 Å². The first-order valence-corrected chi connectivity index (χ1v) is 7.71. The van der Waals surface area contributed by atoms with Crippen LogP contribution >= 0.6 is 15.9 Å². The number of ether oxygens (including phenoxy) is 1. The van der Waals surface area contributed by atoms with Gasteiger partial charge in [0.2, 0.25) is 0 Å². The summed E-state index contributed by atoms with van der Waals surface area (Å²) in [4.78, 5) is 12.1. The van der Waals surface area contributed by atoms with Crippen LogP contribution < -0.4 is 10.1 Å². The molecule has 0 bridgehead atoms. The van der Waals surface area contributed by atoms with Gasteiger partial charge in [-0.05, 0) is 49.7 Å². The fourth-order valence-corrected chi connectivity index (χ4v) is 2.03. The van der Waals surface area contributed by atoms with Gasteiger partial charge in [0.15, 0.2) is 0 Å². The Morgan fingerprint density at radius 1 is 1.24 bits per heavy atom. The van der Waals surface area contributed by atoms with Crippen molar-refractivity contribution >= 4 is 27.5 Å². The molecule has 2 aromatic carbocycles. The predicted molar refractivity (Wildman–Crippen MR) is 88.9 cm³/mol. The minimum Gasteiger partial charge on any atom is -0.491 e. The molecule has 2 aromatic rings. The van der Waals surface area contributed by atoms with Crippen LogP contribution in [0.5, 0.6) is 5.75 Å². The zero-order valence-electron chi connectivity index (χ0n) is 12.1. The third kappa shape index (κ3) is 4.60. The number of amides is 1. The Morgan fingerprint density at radius 3 is 2.62 bits per heavy atom. The van der Waals surface area contributed by atoms with Crippen molar-refractivity contribution < 1.29 is 9.53 Å². The summed E-state index contributed by atoms with van der Waals surface area (Å²) >= 11 is 3.35. The van der Waals surface area contributed by atoms with Crippen LogP contribution in [-0.2, 0) is 0 Å². The van der Waals surface area contributed by atoms with E-state index in [0.29, 0.717) is 5.56 Å². The monoisotopic (exact) mass is 347 g/mol. The van der Waals surface area contributed by atoms with Crippen LogP contribution in [0, 0.1) is 0 Å². The summed E-state index contributed by atoms with van der Waals surface area (Å²) < 4.78 is 6.70. The second-order valence-corrected chi connectivity index (χ2v) is 5.74.